The molecule has 55 heteroatoms. The Labute approximate surface area is 786 Å². The molecule has 53 nitrogen and oxygen atoms in total. The molecule has 0 radical (unpaired) electrons. The highest BCUT2D eigenvalue weighted by Gasteiger charge is 2.43. The maximum Gasteiger partial charge on any atom is 0.326 e. The number of hydrogen-bond acceptors (Lipinski definition) is 29. The number of primary amides is 4. The third kappa shape index (κ3) is 46.3. The first-order valence-electron chi connectivity index (χ1n) is 43.3. The van der Waals surface area contributed by atoms with Crippen molar-refractivity contribution in [2.75, 3.05) is 50.5 Å². The zero-order valence-corrected chi connectivity index (χ0v) is 77.1. The summed E-state index contributed by atoms with van der Waals surface area (Å²) in [5, 5.41) is 93.5. The summed E-state index contributed by atoms with van der Waals surface area (Å²) in [6.07, 6.45) is -6.43. The van der Waals surface area contributed by atoms with Crippen molar-refractivity contribution >= 4 is 166 Å². The van der Waals surface area contributed by atoms with E-state index in [0.717, 1.165) is 16.7 Å². The zero-order valence-electron chi connectivity index (χ0n) is 75.4. The highest BCUT2D eigenvalue weighted by atomic mass is 32.2. The Balaban J connectivity index is 2.64. The summed E-state index contributed by atoms with van der Waals surface area (Å²) < 4.78 is 0. The van der Waals surface area contributed by atoms with E-state index in [1.807, 2.05) is 0 Å². The molecule has 1 aliphatic rings. The molecule has 0 bridgehead atoms. The SMILES string of the molecule is CSCC[C@H](NC(=O)[C@H](CCC(N)=O)NC(=O)[C@H](CC(N)=O)NC(=O)[C@H](CCC(=O)O)NC(=O)[C@@H](N)CS)C(=O)N[C@@H](CCCNC(=N)N)C(=O)N[C@@H](CCC(=O)O)C(=O)N[C@@H](CO)C(=O)N[C@@H](CCCCN)C(=O)N[C@@H](CCCNC(=N)N)C(=O)N[C@@H](Cc1ccccc1)C(=O)N1CCC[C@H]1C(=O)N[C@@H](CCC(N)=O)C(=O)N[C@@H](C)C(=O)N[C@@H](CC(C)C)C(=O)N[C@@H](CC(N)=O)C(=O)O. The number of carbonyl (C=O) groups excluding carboxylic acids is 19. The monoisotopic (exact) mass is 1950 g/mol. The van der Waals surface area contributed by atoms with Crippen LogP contribution < -0.4 is 131 Å². The van der Waals surface area contributed by atoms with Crippen LogP contribution in [0.1, 0.15) is 161 Å². The lowest BCUT2D eigenvalue weighted by atomic mass is 10.0. The van der Waals surface area contributed by atoms with Crippen LogP contribution in [0.2, 0.25) is 0 Å². The fourth-order valence-corrected chi connectivity index (χ4v) is 14.0. The van der Waals surface area contributed by atoms with Gasteiger partial charge in [0.05, 0.1) is 25.5 Å². The normalized spacial score (nSPS) is 15.4. The first kappa shape index (κ1) is 118. The molecule has 1 aromatic rings. The second-order valence-electron chi connectivity index (χ2n) is 32.1. The number of nitrogens with two attached hydrogens (primary N) is 8. The predicted octanol–water partition coefficient (Wildman–Crippen LogP) is -11.2. The molecule has 16 atom stereocenters. The third-order valence-electron chi connectivity index (χ3n) is 20.5. The minimum atomic E-state index is -2.05. The van der Waals surface area contributed by atoms with E-state index in [-0.39, 0.29) is 121 Å². The number of hydrogen-bond donors (Lipinski definition) is 31. The van der Waals surface area contributed by atoms with Crippen molar-refractivity contribution in [1.82, 2.24) is 90.0 Å². The summed E-state index contributed by atoms with van der Waals surface area (Å²) in [7, 11) is 0. The van der Waals surface area contributed by atoms with E-state index in [1.165, 1.54) is 6.92 Å². The van der Waals surface area contributed by atoms with Crippen LogP contribution in [0.3, 0.4) is 0 Å². The van der Waals surface area contributed by atoms with Gasteiger partial charge in [-0.3, -0.25) is 112 Å². The average molecular weight is 1950 g/mol. The van der Waals surface area contributed by atoms with Crippen LogP contribution in [0.15, 0.2) is 30.3 Å². The molecule has 754 valence electrons. The van der Waals surface area contributed by atoms with E-state index < -0.39 is 310 Å². The Hall–Kier alpha value is -13.3. The molecule has 0 saturated carbocycles. The van der Waals surface area contributed by atoms with Crippen molar-refractivity contribution in [3.63, 3.8) is 0 Å². The van der Waals surface area contributed by atoms with Gasteiger partial charge in [-0.2, -0.15) is 24.4 Å². The Morgan fingerprint density at radius 3 is 1.21 bits per heavy atom. The van der Waals surface area contributed by atoms with Crippen molar-refractivity contribution in [2.45, 2.75) is 259 Å². The number of likely N-dealkylation sites (tertiary alicyclic amines) is 1. The maximum atomic E-state index is 15.2. The van der Waals surface area contributed by atoms with Crippen molar-refractivity contribution in [1.29, 1.82) is 10.8 Å². The number of aliphatic carboxylic acids is 3. The first-order valence-corrected chi connectivity index (χ1v) is 45.3. The number of thioether (sulfide) groups is 1. The summed E-state index contributed by atoms with van der Waals surface area (Å²) in [5.41, 5.74) is 44.6. The standard InChI is InChI=1S/C80H131N27O26S2/c1-39(2)33-51(73(127)105-54(78(132)133)36-60(86)112)102-63(117)40(3)93-65(119)46(19-23-57(83)109)101-76(130)56-18-12-31-107(56)77(131)53(34-41-13-6-5-7-14-41)104-68(122)45(17-11-30-92-80(89)90)95-66(120)43(15-8-9-28-81)97-75(129)55(37-108)106-71(125)49(22-26-62(115)116)98-67(121)44(16-10-29-91-79(87)88)96-72(126)50(27-32-135-4)100-69(123)47(20-24-58(84)110)99-74(128)52(35-59(85)111)103-70(124)48(21-25-61(113)114)94-64(118)42(82)38-134/h5-7,13-14,39-40,42-56,108,134H,8-12,15-38,81-82H2,1-4H3,(H2,83,109)(H2,84,110)(H2,85,111)(H2,86,112)(H,93,119)(H,94,118)(H,95,120)(H,96,126)(H,97,129)(H,98,121)(H,99,128)(H,100,123)(H,101,130)(H,102,117)(H,103,124)(H,104,122)(H,105,127)(H,106,125)(H,113,114)(H,115,116)(H,132,133)(H4,87,88,91)(H4,89,90,92)/t40-,42-,43-,44-,45-,46-,47-,48-,49-,50-,51-,52-,53-,54-,55-,56-/m0/s1. The third-order valence-corrected chi connectivity index (χ3v) is 21.5. The fraction of sp³-hybridized carbons (Fsp3) is 0.625. The number of rotatable bonds is 67. The van der Waals surface area contributed by atoms with Crippen molar-refractivity contribution < 1.29 is 126 Å². The molecule has 1 saturated heterocycles. The van der Waals surface area contributed by atoms with Gasteiger partial charge in [-0.1, -0.05) is 44.2 Å². The van der Waals surface area contributed by atoms with Crippen LogP contribution in [0.25, 0.3) is 0 Å². The van der Waals surface area contributed by atoms with Crippen molar-refractivity contribution in [2.24, 2.45) is 51.8 Å². The smallest absolute Gasteiger partial charge is 0.326 e. The Morgan fingerprint density at radius 2 is 0.800 bits per heavy atom. The van der Waals surface area contributed by atoms with Gasteiger partial charge in [0.15, 0.2) is 11.9 Å². The van der Waals surface area contributed by atoms with Gasteiger partial charge in [0, 0.05) is 57.5 Å². The topological polar surface area (TPSA) is 908 Å². The number of carboxylic acid groups (broad SMARTS) is 3. The van der Waals surface area contributed by atoms with E-state index in [0.29, 0.717) is 5.56 Å². The van der Waals surface area contributed by atoms with Crippen molar-refractivity contribution in [3.8, 4) is 0 Å². The summed E-state index contributed by atoms with van der Waals surface area (Å²) in [6.45, 7) is 3.05. The molecule has 38 N–H and O–H groups in total. The Bertz CT molecular complexity index is 4290. The lowest BCUT2D eigenvalue weighted by molar-refractivity contribution is -0.144. The molecule has 0 unspecified atom stereocenters. The lowest BCUT2D eigenvalue weighted by Crippen LogP contribution is -2.61. The Kier molecular flexibility index (Phi) is 54.3. The molecule has 0 spiro atoms. The van der Waals surface area contributed by atoms with Crippen LogP contribution in [0, 0.1) is 16.7 Å². The minimum Gasteiger partial charge on any atom is -0.481 e. The number of unbranched alkanes of at least 4 members (excludes halogenated alkanes) is 1. The molecule has 0 aliphatic carbocycles. The van der Waals surface area contributed by atoms with Crippen LogP contribution >= 0.6 is 24.4 Å². The van der Waals surface area contributed by atoms with Crippen molar-refractivity contribution in [3.05, 3.63) is 35.9 Å². The number of benzene rings is 1. The summed E-state index contributed by atoms with van der Waals surface area (Å²) >= 11 is 5.10. The molecule has 19 amide bonds. The van der Waals surface area contributed by atoms with E-state index >= 15 is 9.59 Å². The van der Waals surface area contributed by atoms with E-state index in [9.17, 15) is 116 Å². The molecular formula is C80H131N27O26S2. The van der Waals surface area contributed by atoms with E-state index in [2.05, 4.69) is 97.7 Å². The van der Waals surface area contributed by atoms with Gasteiger partial charge in [0.25, 0.3) is 0 Å². The Morgan fingerprint density at radius 1 is 0.437 bits per heavy atom. The number of aliphatic hydroxyl groups excluding tert-OH is 1. The number of nitrogens with one attached hydrogen (secondary N) is 18. The molecule has 1 fully saturated rings. The number of aliphatic hydroxyl groups is 1. The number of carboxylic acids is 3. The molecular weight excluding hydrogens is 1820 g/mol. The molecule has 0 aromatic heterocycles. The van der Waals surface area contributed by atoms with Crippen LogP contribution in [0.4, 0.5) is 0 Å². The molecule has 1 aliphatic heterocycles. The number of amides is 19. The first-order chi connectivity index (χ1) is 63.6. The maximum absolute atomic E-state index is 15.2. The molecule has 1 heterocycles. The minimum absolute atomic E-state index is 0.0308. The molecule has 2 rings (SSSR count). The van der Waals surface area contributed by atoms with Gasteiger partial charge in [0.2, 0.25) is 112 Å². The van der Waals surface area contributed by atoms with E-state index in [1.54, 1.807) is 50.4 Å². The summed E-state index contributed by atoms with van der Waals surface area (Å²) in [5.74, 6) is -26.7. The van der Waals surface area contributed by atoms with Gasteiger partial charge < -0.3 is 156 Å². The van der Waals surface area contributed by atoms with Gasteiger partial charge in [-0.25, -0.2) is 4.79 Å². The van der Waals surface area contributed by atoms with Crippen LogP contribution in [-0.2, 0) is 112 Å². The van der Waals surface area contributed by atoms with E-state index in [4.69, 9.17) is 56.7 Å². The number of carbonyl (C=O) groups is 22. The lowest BCUT2D eigenvalue weighted by Gasteiger charge is -2.31. The van der Waals surface area contributed by atoms with Gasteiger partial charge >= 0.3 is 17.9 Å². The number of guanidine groups is 2. The second kappa shape index (κ2) is 62.2. The predicted molar refractivity (Wildman–Crippen MR) is 486 cm³/mol. The highest BCUT2D eigenvalue weighted by molar-refractivity contribution is 7.98. The molecule has 1 aromatic carbocycles. The van der Waals surface area contributed by atoms with Crippen LogP contribution in [-0.4, -0.2) is 315 Å². The van der Waals surface area contributed by atoms with Gasteiger partial charge in [0.1, 0.15) is 90.6 Å². The summed E-state index contributed by atoms with van der Waals surface area (Å²) in [6, 6.07) is -18.6. The average Bonchev–Trinajstić information content (AvgIpc) is 1.70. The zero-order chi connectivity index (χ0) is 102. The summed E-state index contributed by atoms with van der Waals surface area (Å²) in [4.78, 5) is 298. The number of thiol groups is 1. The van der Waals surface area contributed by atoms with Gasteiger partial charge in [-0.05, 0) is 133 Å². The second-order valence-corrected chi connectivity index (χ2v) is 33.4. The van der Waals surface area contributed by atoms with Crippen LogP contribution in [0.5, 0.6) is 0 Å². The highest BCUT2D eigenvalue weighted by Crippen LogP contribution is 2.22. The number of nitrogens with zero attached hydrogens (tertiary/aromatic N) is 1. The quantitative estimate of drug-likeness (QED) is 0.0125. The fourth-order valence-electron chi connectivity index (χ4n) is 13.3. The van der Waals surface area contributed by atoms with Gasteiger partial charge in [-0.15, -0.1) is 0 Å². The molecule has 135 heavy (non-hydrogen) atoms. The largest absolute Gasteiger partial charge is 0.481 e.